The summed E-state index contributed by atoms with van der Waals surface area (Å²) < 4.78 is 5.34. The molecule has 1 rings (SSSR count). The molecule has 2 atom stereocenters. The van der Waals surface area contributed by atoms with Gasteiger partial charge in [-0.2, -0.15) is 0 Å². The monoisotopic (exact) mass is 210 g/mol. The number of benzene rings is 1. The maximum atomic E-state index is 9.51. The van der Waals surface area contributed by atoms with E-state index in [9.17, 15) is 5.11 Å². The Morgan fingerprint density at radius 3 is 2.53 bits per heavy atom. The summed E-state index contributed by atoms with van der Waals surface area (Å²) in [5, 5.41) is 18.3. The molecule has 15 heavy (non-hydrogen) atoms. The first kappa shape index (κ1) is 12.2. The maximum absolute atomic E-state index is 9.51. The number of ether oxygens (including phenoxy) is 1. The summed E-state index contributed by atoms with van der Waals surface area (Å²) in [5.41, 5.74) is 1.08. The summed E-state index contributed by atoms with van der Waals surface area (Å²) in [6.07, 6.45) is -0.598. The third-order valence-electron chi connectivity index (χ3n) is 2.34. The van der Waals surface area contributed by atoms with Crippen LogP contribution in [0.1, 0.15) is 12.5 Å². The summed E-state index contributed by atoms with van der Waals surface area (Å²) >= 11 is 0. The van der Waals surface area contributed by atoms with Crippen LogP contribution in [0, 0.1) is 5.92 Å². The van der Waals surface area contributed by atoms with E-state index in [0.717, 1.165) is 5.56 Å². The number of hydrogen-bond acceptors (Lipinski definition) is 3. The fourth-order valence-electron chi connectivity index (χ4n) is 1.16. The zero-order valence-electron chi connectivity index (χ0n) is 8.97. The van der Waals surface area contributed by atoms with Crippen LogP contribution >= 0.6 is 0 Å². The average Bonchev–Trinajstić information content (AvgIpc) is 2.29. The van der Waals surface area contributed by atoms with Crippen molar-refractivity contribution >= 4 is 0 Å². The number of rotatable bonds is 6. The van der Waals surface area contributed by atoms with E-state index in [1.54, 1.807) is 6.92 Å². The van der Waals surface area contributed by atoms with Crippen molar-refractivity contribution in [1.29, 1.82) is 0 Å². The quantitative estimate of drug-likeness (QED) is 0.741. The molecule has 0 bridgehead atoms. The topological polar surface area (TPSA) is 49.7 Å². The maximum Gasteiger partial charge on any atom is 0.0821 e. The number of aliphatic hydroxyl groups excluding tert-OH is 2. The first-order valence-electron chi connectivity index (χ1n) is 5.14. The van der Waals surface area contributed by atoms with Crippen LogP contribution in [0.5, 0.6) is 0 Å². The fraction of sp³-hybridized carbons (Fsp3) is 0.500. The highest BCUT2D eigenvalue weighted by atomic mass is 16.5. The second-order valence-electron chi connectivity index (χ2n) is 3.73. The highest BCUT2D eigenvalue weighted by Gasteiger charge is 2.12. The lowest BCUT2D eigenvalue weighted by Gasteiger charge is -2.16. The lowest BCUT2D eigenvalue weighted by atomic mass is 10.1. The van der Waals surface area contributed by atoms with Crippen LogP contribution in [-0.2, 0) is 11.3 Å². The zero-order chi connectivity index (χ0) is 11.1. The molecule has 3 heteroatoms. The molecule has 0 aliphatic rings. The Labute approximate surface area is 90.3 Å². The molecule has 1 aromatic rings. The van der Waals surface area contributed by atoms with Gasteiger partial charge in [-0.3, -0.25) is 0 Å². The minimum absolute atomic E-state index is 0.0180. The van der Waals surface area contributed by atoms with Crippen molar-refractivity contribution in [2.75, 3.05) is 13.2 Å². The van der Waals surface area contributed by atoms with Gasteiger partial charge in [0.1, 0.15) is 0 Å². The van der Waals surface area contributed by atoms with Crippen LogP contribution in [0.4, 0.5) is 0 Å². The fourth-order valence-corrected chi connectivity index (χ4v) is 1.16. The van der Waals surface area contributed by atoms with Gasteiger partial charge in [-0.25, -0.2) is 0 Å². The highest BCUT2D eigenvalue weighted by Crippen LogP contribution is 2.05. The van der Waals surface area contributed by atoms with Gasteiger partial charge < -0.3 is 14.9 Å². The molecule has 1 aromatic carbocycles. The SMILES string of the molecule is C[C@@H](CO)[C@H](O)COCc1ccccc1. The van der Waals surface area contributed by atoms with Crippen LogP contribution in [0.15, 0.2) is 30.3 Å². The molecule has 0 fully saturated rings. The van der Waals surface area contributed by atoms with Crippen molar-refractivity contribution in [3.63, 3.8) is 0 Å². The minimum atomic E-state index is -0.598. The highest BCUT2D eigenvalue weighted by molar-refractivity contribution is 5.13. The van der Waals surface area contributed by atoms with Crippen LogP contribution in [0.2, 0.25) is 0 Å². The van der Waals surface area contributed by atoms with E-state index < -0.39 is 6.10 Å². The molecule has 0 spiro atoms. The van der Waals surface area contributed by atoms with Crippen molar-refractivity contribution in [1.82, 2.24) is 0 Å². The van der Waals surface area contributed by atoms with Crippen LogP contribution in [0.3, 0.4) is 0 Å². The summed E-state index contributed by atoms with van der Waals surface area (Å²) in [7, 11) is 0. The van der Waals surface area contributed by atoms with Gasteiger partial charge in [0, 0.05) is 12.5 Å². The predicted molar refractivity (Wildman–Crippen MR) is 58.4 cm³/mol. The van der Waals surface area contributed by atoms with Crippen LogP contribution in [0.25, 0.3) is 0 Å². The van der Waals surface area contributed by atoms with Crippen molar-refractivity contribution in [2.24, 2.45) is 5.92 Å². The van der Waals surface area contributed by atoms with Crippen molar-refractivity contribution in [2.45, 2.75) is 19.6 Å². The Balaban J connectivity index is 2.22. The van der Waals surface area contributed by atoms with Gasteiger partial charge in [0.05, 0.1) is 19.3 Å². The largest absolute Gasteiger partial charge is 0.396 e. The molecular formula is C12H18O3. The van der Waals surface area contributed by atoms with Gasteiger partial charge in [0.2, 0.25) is 0 Å². The Bertz CT molecular complexity index is 261. The van der Waals surface area contributed by atoms with Crippen LogP contribution in [-0.4, -0.2) is 29.5 Å². The van der Waals surface area contributed by atoms with Crippen molar-refractivity contribution in [3.05, 3.63) is 35.9 Å². The van der Waals surface area contributed by atoms with Gasteiger partial charge in [-0.15, -0.1) is 0 Å². The molecule has 0 aliphatic carbocycles. The van der Waals surface area contributed by atoms with E-state index in [1.807, 2.05) is 30.3 Å². The molecule has 0 aliphatic heterocycles. The van der Waals surface area contributed by atoms with Gasteiger partial charge in [-0.1, -0.05) is 37.3 Å². The van der Waals surface area contributed by atoms with E-state index in [0.29, 0.717) is 6.61 Å². The lowest BCUT2D eigenvalue weighted by Crippen LogP contribution is -2.26. The molecule has 0 aromatic heterocycles. The van der Waals surface area contributed by atoms with Crippen molar-refractivity contribution in [3.8, 4) is 0 Å². The van der Waals surface area contributed by atoms with Crippen molar-refractivity contribution < 1.29 is 14.9 Å². The molecule has 0 saturated heterocycles. The second-order valence-corrected chi connectivity index (χ2v) is 3.73. The molecule has 0 amide bonds. The normalized spacial score (nSPS) is 14.9. The Kier molecular flexibility index (Phi) is 5.32. The summed E-state index contributed by atoms with van der Waals surface area (Å²) in [6.45, 7) is 2.53. The smallest absolute Gasteiger partial charge is 0.0821 e. The van der Waals surface area contributed by atoms with E-state index >= 15 is 0 Å². The van der Waals surface area contributed by atoms with Gasteiger partial charge in [0.15, 0.2) is 0 Å². The third-order valence-corrected chi connectivity index (χ3v) is 2.34. The minimum Gasteiger partial charge on any atom is -0.396 e. The number of aliphatic hydroxyl groups is 2. The van der Waals surface area contributed by atoms with E-state index in [1.165, 1.54) is 0 Å². The standard InChI is InChI=1S/C12H18O3/c1-10(7-13)12(14)9-15-8-11-5-3-2-4-6-11/h2-6,10,12-14H,7-9H2,1H3/t10-,12+/m0/s1. The summed E-state index contributed by atoms with van der Waals surface area (Å²) in [6, 6.07) is 9.80. The molecular weight excluding hydrogens is 192 g/mol. The molecule has 3 nitrogen and oxygen atoms in total. The van der Waals surface area contributed by atoms with Gasteiger partial charge >= 0.3 is 0 Å². The lowest BCUT2D eigenvalue weighted by molar-refractivity contribution is -0.0109. The first-order chi connectivity index (χ1) is 7.24. The van der Waals surface area contributed by atoms with Gasteiger partial charge in [0.25, 0.3) is 0 Å². The molecule has 84 valence electrons. The molecule has 2 N–H and O–H groups in total. The molecule has 0 heterocycles. The Hall–Kier alpha value is -0.900. The van der Waals surface area contributed by atoms with E-state index in [2.05, 4.69) is 0 Å². The van der Waals surface area contributed by atoms with Crippen LogP contribution < -0.4 is 0 Å². The average molecular weight is 210 g/mol. The third kappa shape index (κ3) is 4.42. The first-order valence-corrected chi connectivity index (χ1v) is 5.14. The predicted octanol–water partition coefficient (Wildman–Crippen LogP) is 1.19. The zero-order valence-corrected chi connectivity index (χ0v) is 8.97. The summed E-state index contributed by atoms with van der Waals surface area (Å²) in [5.74, 6) is -0.138. The van der Waals surface area contributed by atoms with E-state index in [-0.39, 0.29) is 19.1 Å². The molecule has 0 unspecified atom stereocenters. The van der Waals surface area contributed by atoms with E-state index in [4.69, 9.17) is 9.84 Å². The summed E-state index contributed by atoms with van der Waals surface area (Å²) in [4.78, 5) is 0. The second kappa shape index (κ2) is 6.56. The molecule has 0 saturated carbocycles. The van der Waals surface area contributed by atoms with Gasteiger partial charge in [-0.05, 0) is 5.56 Å². The molecule has 0 radical (unpaired) electrons. The Morgan fingerprint density at radius 2 is 1.93 bits per heavy atom. The Morgan fingerprint density at radius 1 is 1.27 bits per heavy atom. The number of hydrogen-bond donors (Lipinski definition) is 2.